The summed E-state index contributed by atoms with van der Waals surface area (Å²) in [6, 6.07) is 15.6. The molecule has 3 rings (SSSR count). The second-order valence-electron chi connectivity index (χ2n) is 9.45. The molecule has 31 heavy (non-hydrogen) atoms. The molecule has 0 saturated heterocycles. The van der Waals surface area contributed by atoms with Gasteiger partial charge in [0.25, 0.3) is 0 Å². The molecule has 7 heteroatoms. The third-order valence-electron chi connectivity index (χ3n) is 6.23. The molecule has 1 unspecified atom stereocenters. The smallest absolute Gasteiger partial charge is 0.242 e. The van der Waals surface area contributed by atoms with Crippen molar-refractivity contribution in [3.8, 4) is 0 Å². The number of likely N-dealkylation sites (N-methyl/N-ethyl adjacent to an activating group) is 1. The molecule has 2 aromatic carbocycles. The first-order valence-electron chi connectivity index (χ1n) is 11.2. The zero-order chi connectivity index (χ0) is 22.6. The Kier molecular flexibility index (Phi) is 7.63. The van der Waals surface area contributed by atoms with Crippen LogP contribution in [0.4, 0.5) is 0 Å². The van der Waals surface area contributed by atoms with Crippen molar-refractivity contribution in [1.29, 1.82) is 0 Å². The normalized spacial score (nSPS) is 15.8. The molecule has 0 radical (unpaired) electrons. The fourth-order valence-electron chi connectivity index (χ4n) is 4.55. The highest BCUT2D eigenvalue weighted by molar-refractivity contribution is 7.89. The van der Waals surface area contributed by atoms with Gasteiger partial charge < -0.3 is 10.4 Å². The first-order chi connectivity index (χ1) is 14.6. The number of nitrogens with one attached hydrogen (secondary N) is 1. The zero-order valence-electron chi connectivity index (χ0n) is 19.1. The Morgan fingerprint density at radius 2 is 1.81 bits per heavy atom. The second-order valence-corrected chi connectivity index (χ2v) is 11.5. The lowest BCUT2D eigenvalue weighted by molar-refractivity contribution is 0.135. The molecule has 1 aliphatic carbocycles. The molecule has 0 spiro atoms. The summed E-state index contributed by atoms with van der Waals surface area (Å²) in [7, 11) is -1.32. The highest BCUT2D eigenvalue weighted by atomic mass is 32.2. The molecule has 1 atom stereocenters. The maximum Gasteiger partial charge on any atom is 0.242 e. The van der Waals surface area contributed by atoms with Crippen molar-refractivity contribution in [2.75, 3.05) is 20.1 Å². The van der Waals surface area contributed by atoms with Crippen LogP contribution >= 0.6 is 0 Å². The fraction of sp³-hybridized carbons (Fsp3) is 0.500. The summed E-state index contributed by atoms with van der Waals surface area (Å²) in [6.07, 6.45) is 2.42. The van der Waals surface area contributed by atoms with E-state index in [1.807, 2.05) is 12.9 Å². The van der Waals surface area contributed by atoms with Crippen molar-refractivity contribution in [3.05, 3.63) is 59.7 Å². The Morgan fingerprint density at radius 3 is 2.42 bits per heavy atom. The summed E-state index contributed by atoms with van der Waals surface area (Å²) >= 11 is 0. The topological polar surface area (TPSA) is 69.6 Å². The lowest BCUT2D eigenvalue weighted by atomic mass is 9.74. The third-order valence-corrected chi connectivity index (χ3v) is 8.05. The van der Waals surface area contributed by atoms with E-state index >= 15 is 0 Å². The van der Waals surface area contributed by atoms with E-state index in [0.29, 0.717) is 12.5 Å². The van der Waals surface area contributed by atoms with Crippen LogP contribution in [0.25, 0.3) is 0 Å². The van der Waals surface area contributed by atoms with Crippen LogP contribution in [-0.4, -0.2) is 56.9 Å². The number of benzene rings is 2. The van der Waals surface area contributed by atoms with Crippen LogP contribution in [0.3, 0.4) is 0 Å². The van der Waals surface area contributed by atoms with Crippen LogP contribution in [0.2, 0.25) is 6.82 Å². The number of fused-ring (bicyclic) bond motifs is 1. The summed E-state index contributed by atoms with van der Waals surface area (Å²) in [5, 5.41) is 14.0. The maximum absolute atomic E-state index is 12.9. The minimum atomic E-state index is -3.62. The van der Waals surface area contributed by atoms with Crippen molar-refractivity contribution in [2.45, 2.75) is 56.5 Å². The van der Waals surface area contributed by atoms with E-state index in [1.54, 1.807) is 18.2 Å². The standard InChI is InChI=1S/C24H35BN2O3S/c1-24(2,15-18-12-19-8-5-6-9-20(19)13-18)26-16-22(28)17-27(4)31(29,30)23-11-7-10-21(14-23)25-3/h5-11,14,18,22,25-26,28H,12-13,15-17H2,1-4H3. The number of nitrogens with zero attached hydrogens (tertiary/aromatic N) is 1. The van der Waals surface area contributed by atoms with E-state index in [1.165, 1.54) is 22.5 Å². The Balaban J connectivity index is 1.51. The molecule has 0 heterocycles. The molecule has 5 nitrogen and oxygen atoms in total. The first kappa shape index (κ1) is 24.0. The van der Waals surface area contributed by atoms with Gasteiger partial charge in [0.05, 0.1) is 11.0 Å². The van der Waals surface area contributed by atoms with Gasteiger partial charge in [-0.2, -0.15) is 4.31 Å². The molecule has 1 aliphatic rings. The van der Waals surface area contributed by atoms with Gasteiger partial charge in [-0.15, -0.1) is 0 Å². The zero-order valence-corrected chi connectivity index (χ0v) is 20.0. The summed E-state index contributed by atoms with van der Waals surface area (Å²) in [4.78, 5) is 0.274. The first-order valence-corrected chi connectivity index (χ1v) is 12.6. The second kappa shape index (κ2) is 9.86. The SMILES string of the molecule is CBc1cccc(S(=O)(=O)N(C)CC(O)CNC(C)(C)CC2Cc3ccccc3C2)c1. The van der Waals surface area contributed by atoms with Gasteiger partial charge in [-0.25, -0.2) is 8.42 Å². The number of hydrogen-bond acceptors (Lipinski definition) is 4. The Bertz CT molecular complexity index is 969. The molecular formula is C24H35BN2O3S. The highest BCUT2D eigenvalue weighted by Crippen LogP contribution is 2.31. The van der Waals surface area contributed by atoms with Gasteiger partial charge in [0.15, 0.2) is 7.28 Å². The molecule has 0 aliphatic heterocycles. The highest BCUT2D eigenvalue weighted by Gasteiger charge is 2.29. The van der Waals surface area contributed by atoms with Crippen molar-refractivity contribution in [3.63, 3.8) is 0 Å². The summed E-state index contributed by atoms with van der Waals surface area (Å²) in [6.45, 7) is 6.70. The number of rotatable bonds is 10. The molecule has 168 valence electrons. The van der Waals surface area contributed by atoms with Gasteiger partial charge in [-0.3, -0.25) is 0 Å². The summed E-state index contributed by atoms with van der Waals surface area (Å²) in [5.41, 5.74) is 3.73. The van der Waals surface area contributed by atoms with Crippen molar-refractivity contribution in [2.24, 2.45) is 5.92 Å². The van der Waals surface area contributed by atoms with Crippen molar-refractivity contribution >= 4 is 22.8 Å². The van der Waals surface area contributed by atoms with E-state index in [4.69, 9.17) is 0 Å². The monoisotopic (exact) mass is 442 g/mol. The van der Waals surface area contributed by atoms with Gasteiger partial charge in [0.2, 0.25) is 10.0 Å². The van der Waals surface area contributed by atoms with Crippen molar-refractivity contribution in [1.82, 2.24) is 9.62 Å². The average Bonchev–Trinajstić information content (AvgIpc) is 3.13. The Labute approximate surface area is 188 Å². The predicted octanol–water partition coefficient (Wildman–Crippen LogP) is 1.95. The molecule has 0 amide bonds. The summed E-state index contributed by atoms with van der Waals surface area (Å²) < 4.78 is 27.0. The van der Waals surface area contributed by atoms with Crippen molar-refractivity contribution < 1.29 is 13.5 Å². The van der Waals surface area contributed by atoms with Crippen LogP contribution < -0.4 is 10.8 Å². The number of β-amino-alcohol motifs (C(OH)–C–C–N with tert-alkyl or cyclic N) is 1. The molecule has 2 aromatic rings. The number of aliphatic hydroxyl groups excluding tert-OH is 1. The number of aliphatic hydroxyl groups is 1. The quantitative estimate of drug-likeness (QED) is 0.552. The lowest BCUT2D eigenvalue weighted by Crippen LogP contribution is -2.47. The molecule has 2 N–H and O–H groups in total. The Morgan fingerprint density at radius 1 is 1.16 bits per heavy atom. The molecular weight excluding hydrogens is 407 g/mol. The number of hydrogen-bond donors (Lipinski definition) is 2. The van der Waals surface area contributed by atoms with E-state index in [-0.39, 0.29) is 17.0 Å². The van der Waals surface area contributed by atoms with E-state index in [9.17, 15) is 13.5 Å². The molecule has 0 aromatic heterocycles. The molecule has 0 fully saturated rings. The third kappa shape index (κ3) is 6.19. The predicted molar refractivity (Wildman–Crippen MR) is 129 cm³/mol. The number of sulfonamides is 1. The van der Waals surface area contributed by atoms with Crippen LogP contribution in [0.1, 0.15) is 31.4 Å². The molecule has 0 saturated carbocycles. The van der Waals surface area contributed by atoms with Crippen LogP contribution in [-0.2, 0) is 22.9 Å². The summed E-state index contributed by atoms with van der Waals surface area (Å²) in [5.74, 6) is 0.589. The van der Waals surface area contributed by atoms with Gasteiger partial charge in [0, 0.05) is 25.7 Å². The van der Waals surface area contributed by atoms with Gasteiger partial charge in [0.1, 0.15) is 0 Å². The van der Waals surface area contributed by atoms with Gasteiger partial charge in [-0.1, -0.05) is 48.7 Å². The van der Waals surface area contributed by atoms with E-state index in [2.05, 4.69) is 43.4 Å². The van der Waals surface area contributed by atoms with Crippen LogP contribution in [0.5, 0.6) is 0 Å². The Hall–Kier alpha value is -1.67. The largest absolute Gasteiger partial charge is 0.390 e. The van der Waals surface area contributed by atoms with Crippen LogP contribution in [0, 0.1) is 5.92 Å². The minimum absolute atomic E-state index is 0.0522. The van der Waals surface area contributed by atoms with Crippen LogP contribution in [0.15, 0.2) is 53.4 Å². The molecule has 0 bridgehead atoms. The fourth-order valence-corrected chi connectivity index (χ4v) is 5.83. The van der Waals surface area contributed by atoms with E-state index in [0.717, 1.165) is 32.0 Å². The average molecular weight is 442 g/mol. The van der Waals surface area contributed by atoms with Gasteiger partial charge >= 0.3 is 0 Å². The minimum Gasteiger partial charge on any atom is -0.390 e. The van der Waals surface area contributed by atoms with Gasteiger partial charge in [-0.05, 0) is 62.3 Å². The lowest BCUT2D eigenvalue weighted by Gasteiger charge is -2.31. The maximum atomic E-state index is 12.9. The van der Waals surface area contributed by atoms with E-state index < -0.39 is 16.1 Å².